The molecule has 0 saturated heterocycles. The zero-order chi connectivity index (χ0) is 13.8. The number of nitrogens with one attached hydrogen (secondary N) is 1. The first-order valence-electron chi connectivity index (χ1n) is 5.51. The minimum absolute atomic E-state index is 0.0494. The van der Waals surface area contributed by atoms with Gasteiger partial charge in [-0.2, -0.15) is 10.4 Å². The SMILES string of the molecule is Cn1ccc(CNc2ccc(C#N)c([N+](=O)[O-])c2)n1. The van der Waals surface area contributed by atoms with Crippen LogP contribution in [0.25, 0.3) is 0 Å². The first kappa shape index (κ1) is 12.6. The second-order valence-corrected chi connectivity index (χ2v) is 3.94. The summed E-state index contributed by atoms with van der Waals surface area (Å²) in [5.41, 5.74) is 1.26. The summed E-state index contributed by atoms with van der Waals surface area (Å²) < 4.78 is 1.68. The Labute approximate surface area is 109 Å². The first-order chi connectivity index (χ1) is 9.10. The van der Waals surface area contributed by atoms with Gasteiger partial charge in [-0.15, -0.1) is 0 Å². The summed E-state index contributed by atoms with van der Waals surface area (Å²) in [4.78, 5) is 10.3. The number of nitro benzene ring substituents is 1. The van der Waals surface area contributed by atoms with E-state index in [0.717, 1.165) is 5.69 Å². The van der Waals surface area contributed by atoms with Gasteiger partial charge < -0.3 is 5.32 Å². The Morgan fingerprint density at radius 2 is 2.32 bits per heavy atom. The van der Waals surface area contributed by atoms with Crippen LogP contribution in [0.4, 0.5) is 11.4 Å². The van der Waals surface area contributed by atoms with E-state index in [0.29, 0.717) is 12.2 Å². The maximum Gasteiger partial charge on any atom is 0.289 e. The molecule has 0 aliphatic heterocycles. The molecule has 0 unspecified atom stereocenters. The van der Waals surface area contributed by atoms with Gasteiger partial charge in [0.15, 0.2) is 0 Å². The lowest BCUT2D eigenvalue weighted by Gasteiger charge is -2.04. The molecule has 7 nitrogen and oxygen atoms in total. The number of aromatic nitrogens is 2. The average Bonchev–Trinajstić information content (AvgIpc) is 2.81. The van der Waals surface area contributed by atoms with Crippen LogP contribution in [-0.2, 0) is 13.6 Å². The van der Waals surface area contributed by atoms with Gasteiger partial charge in [0.05, 0.1) is 17.2 Å². The van der Waals surface area contributed by atoms with Crippen LogP contribution in [0.5, 0.6) is 0 Å². The monoisotopic (exact) mass is 257 g/mol. The van der Waals surface area contributed by atoms with Crippen LogP contribution in [-0.4, -0.2) is 14.7 Å². The van der Waals surface area contributed by atoms with E-state index in [1.807, 2.05) is 19.3 Å². The summed E-state index contributed by atoms with van der Waals surface area (Å²) in [7, 11) is 1.82. The number of nitro groups is 1. The number of aryl methyl sites for hydroxylation is 1. The van der Waals surface area contributed by atoms with E-state index in [-0.39, 0.29) is 11.3 Å². The Morgan fingerprint density at radius 3 is 2.89 bits per heavy atom. The van der Waals surface area contributed by atoms with E-state index in [2.05, 4.69) is 10.4 Å². The Bertz CT molecular complexity index is 656. The molecule has 0 amide bonds. The molecule has 1 aromatic carbocycles. The normalized spacial score (nSPS) is 9.89. The minimum Gasteiger partial charge on any atom is -0.379 e. The molecular formula is C12H11N5O2. The Morgan fingerprint density at radius 1 is 1.53 bits per heavy atom. The number of hydrogen-bond donors (Lipinski definition) is 1. The molecule has 0 bridgehead atoms. The number of benzene rings is 1. The van der Waals surface area contributed by atoms with Gasteiger partial charge in [-0.05, 0) is 18.2 Å². The quantitative estimate of drug-likeness (QED) is 0.665. The molecule has 96 valence electrons. The summed E-state index contributed by atoms with van der Waals surface area (Å²) in [6.07, 6.45) is 1.82. The highest BCUT2D eigenvalue weighted by Crippen LogP contribution is 2.22. The zero-order valence-electron chi connectivity index (χ0n) is 10.2. The largest absolute Gasteiger partial charge is 0.379 e. The third-order valence-corrected chi connectivity index (χ3v) is 2.56. The van der Waals surface area contributed by atoms with Gasteiger partial charge in [0.25, 0.3) is 5.69 Å². The lowest BCUT2D eigenvalue weighted by Crippen LogP contribution is -2.02. The molecule has 0 aliphatic carbocycles. The number of anilines is 1. The van der Waals surface area contributed by atoms with E-state index in [4.69, 9.17) is 5.26 Å². The van der Waals surface area contributed by atoms with Gasteiger partial charge in [0.2, 0.25) is 0 Å². The molecular weight excluding hydrogens is 246 g/mol. The molecule has 0 radical (unpaired) electrons. The van der Waals surface area contributed by atoms with E-state index in [9.17, 15) is 10.1 Å². The van der Waals surface area contributed by atoms with Gasteiger partial charge in [0.1, 0.15) is 11.6 Å². The van der Waals surface area contributed by atoms with Gasteiger partial charge in [-0.3, -0.25) is 14.8 Å². The molecule has 1 N–H and O–H groups in total. The van der Waals surface area contributed by atoms with Crippen LogP contribution >= 0.6 is 0 Å². The molecule has 0 spiro atoms. The smallest absolute Gasteiger partial charge is 0.289 e. The summed E-state index contributed by atoms with van der Waals surface area (Å²) >= 11 is 0. The summed E-state index contributed by atoms with van der Waals surface area (Å²) in [5.74, 6) is 0. The highest BCUT2D eigenvalue weighted by atomic mass is 16.6. The van der Waals surface area contributed by atoms with Crippen LogP contribution in [0.3, 0.4) is 0 Å². The van der Waals surface area contributed by atoms with Crippen molar-refractivity contribution >= 4 is 11.4 Å². The molecule has 2 rings (SSSR count). The third-order valence-electron chi connectivity index (χ3n) is 2.56. The molecule has 0 atom stereocenters. The van der Waals surface area contributed by atoms with Crippen molar-refractivity contribution in [1.29, 1.82) is 5.26 Å². The predicted molar refractivity (Wildman–Crippen MR) is 68.3 cm³/mol. The molecule has 0 aliphatic rings. The van der Waals surface area contributed by atoms with Crippen LogP contribution < -0.4 is 5.32 Å². The van der Waals surface area contributed by atoms with E-state index in [1.54, 1.807) is 16.8 Å². The Kier molecular flexibility index (Phi) is 3.43. The fraction of sp³-hybridized carbons (Fsp3) is 0.167. The lowest BCUT2D eigenvalue weighted by molar-refractivity contribution is -0.385. The van der Waals surface area contributed by atoms with E-state index >= 15 is 0 Å². The van der Waals surface area contributed by atoms with Crippen molar-refractivity contribution in [2.45, 2.75) is 6.54 Å². The standard InChI is InChI=1S/C12H11N5O2/c1-16-5-4-11(15-16)8-14-10-3-2-9(7-13)12(6-10)17(18)19/h2-6,14H,8H2,1H3. The molecule has 1 aromatic heterocycles. The number of rotatable bonds is 4. The second kappa shape index (κ2) is 5.18. The van der Waals surface area contributed by atoms with E-state index < -0.39 is 4.92 Å². The van der Waals surface area contributed by atoms with Gasteiger partial charge in [-0.1, -0.05) is 0 Å². The summed E-state index contributed by atoms with van der Waals surface area (Å²) in [5, 5.41) is 26.8. The molecule has 2 aromatic rings. The van der Waals surface area contributed by atoms with Crippen molar-refractivity contribution in [3.63, 3.8) is 0 Å². The first-order valence-corrected chi connectivity index (χ1v) is 5.51. The number of nitrogens with zero attached hydrogens (tertiary/aromatic N) is 4. The van der Waals surface area contributed by atoms with Gasteiger partial charge in [-0.25, -0.2) is 0 Å². The van der Waals surface area contributed by atoms with Crippen LogP contribution in [0.2, 0.25) is 0 Å². The Hall–Kier alpha value is -2.88. The van der Waals surface area contributed by atoms with E-state index in [1.165, 1.54) is 12.1 Å². The second-order valence-electron chi connectivity index (χ2n) is 3.94. The predicted octanol–water partition coefficient (Wildman–Crippen LogP) is 1.81. The van der Waals surface area contributed by atoms with Crippen molar-refractivity contribution in [3.05, 3.63) is 51.8 Å². The van der Waals surface area contributed by atoms with Crippen molar-refractivity contribution in [2.75, 3.05) is 5.32 Å². The molecule has 19 heavy (non-hydrogen) atoms. The van der Waals surface area contributed by atoms with Crippen molar-refractivity contribution in [2.24, 2.45) is 7.05 Å². The van der Waals surface area contributed by atoms with Crippen LogP contribution in [0, 0.1) is 21.4 Å². The molecule has 7 heteroatoms. The van der Waals surface area contributed by atoms with Crippen molar-refractivity contribution in [3.8, 4) is 6.07 Å². The van der Waals surface area contributed by atoms with Crippen molar-refractivity contribution in [1.82, 2.24) is 9.78 Å². The molecule has 0 fully saturated rings. The molecule has 0 saturated carbocycles. The minimum atomic E-state index is -0.565. The highest BCUT2D eigenvalue weighted by molar-refractivity contribution is 5.59. The summed E-state index contributed by atoms with van der Waals surface area (Å²) in [6, 6.07) is 8.06. The van der Waals surface area contributed by atoms with Crippen LogP contribution in [0.1, 0.15) is 11.3 Å². The number of hydrogen-bond acceptors (Lipinski definition) is 5. The average molecular weight is 257 g/mol. The van der Waals surface area contributed by atoms with Crippen molar-refractivity contribution < 1.29 is 4.92 Å². The molecule has 1 heterocycles. The van der Waals surface area contributed by atoms with Crippen LogP contribution in [0.15, 0.2) is 30.5 Å². The third kappa shape index (κ3) is 2.87. The fourth-order valence-corrected chi connectivity index (χ4v) is 1.64. The zero-order valence-corrected chi connectivity index (χ0v) is 10.2. The highest BCUT2D eigenvalue weighted by Gasteiger charge is 2.14. The maximum absolute atomic E-state index is 10.8. The Balaban J connectivity index is 2.15. The number of nitriles is 1. The topological polar surface area (TPSA) is 96.8 Å². The maximum atomic E-state index is 10.8. The van der Waals surface area contributed by atoms with Gasteiger partial charge in [0, 0.05) is 25.0 Å². The fourth-order valence-electron chi connectivity index (χ4n) is 1.64. The van der Waals surface area contributed by atoms with Gasteiger partial charge >= 0.3 is 0 Å². The summed E-state index contributed by atoms with van der Waals surface area (Å²) in [6.45, 7) is 0.462. The lowest BCUT2D eigenvalue weighted by atomic mass is 10.2.